The molecular weight excluding hydrogens is 836 g/mol. The van der Waals surface area contributed by atoms with E-state index in [1.54, 1.807) is 40.7 Å². The van der Waals surface area contributed by atoms with Crippen molar-refractivity contribution >= 4 is 68.2 Å². The van der Waals surface area contributed by atoms with Crippen molar-refractivity contribution in [3.63, 3.8) is 0 Å². The van der Waals surface area contributed by atoms with E-state index in [0.29, 0.717) is 41.3 Å². The molecule has 0 spiro atoms. The lowest BCUT2D eigenvalue weighted by Gasteiger charge is -2.09. The summed E-state index contributed by atoms with van der Waals surface area (Å²) in [7, 11) is 0. The van der Waals surface area contributed by atoms with E-state index in [2.05, 4.69) is 57.6 Å². The van der Waals surface area contributed by atoms with Crippen molar-refractivity contribution in [1.82, 2.24) is 23.7 Å². The lowest BCUT2D eigenvalue weighted by Crippen LogP contribution is -2.01. The number of hydrogen-bond acceptors (Lipinski definition) is 9. The van der Waals surface area contributed by atoms with Crippen molar-refractivity contribution in [2.75, 3.05) is 6.54 Å². The van der Waals surface area contributed by atoms with Crippen LogP contribution in [0.3, 0.4) is 0 Å². The van der Waals surface area contributed by atoms with Crippen molar-refractivity contribution < 1.29 is 19.0 Å². The molecule has 44 heavy (non-hydrogen) atoms. The van der Waals surface area contributed by atoms with Crippen LogP contribution in [0.4, 0.5) is 8.78 Å². The fourth-order valence-corrected chi connectivity index (χ4v) is 6.45. The minimum absolute atomic E-state index is 0.295. The molecule has 0 saturated carbocycles. The normalized spacial score (nSPS) is 11.6. The Hall–Kier alpha value is -3.05. The SMILES string of the molecule is C#CC(O)c1csnc1-c1ccc(F)cc1I.CCN=[N+]=[N-].CCn1cc(C(O)c2csnc2-c2ccc(F)cc2I)nn1. The quantitative estimate of drug-likeness (QED) is 0.0562. The number of hydrogen-bond donors (Lipinski definition) is 2. The molecular formula is C28H24F2I2N8O2S2. The summed E-state index contributed by atoms with van der Waals surface area (Å²) in [5.74, 6) is 1.66. The van der Waals surface area contributed by atoms with Crippen LogP contribution in [-0.4, -0.2) is 40.5 Å². The zero-order valence-electron chi connectivity index (χ0n) is 23.1. The highest BCUT2D eigenvalue weighted by Gasteiger charge is 2.22. The minimum atomic E-state index is -0.982. The molecule has 3 aromatic heterocycles. The van der Waals surface area contributed by atoms with E-state index in [1.165, 1.54) is 47.3 Å². The van der Waals surface area contributed by atoms with Gasteiger partial charge in [0, 0.05) is 58.2 Å². The van der Waals surface area contributed by atoms with Gasteiger partial charge in [0.15, 0.2) is 0 Å². The molecule has 16 heteroatoms. The first-order valence-corrected chi connectivity index (χ1v) is 16.5. The van der Waals surface area contributed by atoms with Crippen LogP contribution in [-0.2, 0) is 6.54 Å². The number of azide groups is 1. The number of aliphatic hydroxyl groups is 2. The summed E-state index contributed by atoms with van der Waals surface area (Å²) < 4.78 is 38.0. The van der Waals surface area contributed by atoms with Gasteiger partial charge in [0.2, 0.25) is 0 Å². The molecule has 0 saturated heterocycles. The highest BCUT2D eigenvalue weighted by Crippen LogP contribution is 2.35. The molecule has 2 unspecified atom stereocenters. The van der Waals surface area contributed by atoms with Gasteiger partial charge in [-0.2, -0.15) is 8.75 Å². The van der Waals surface area contributed by atoms with Gasteiger partial charge in [0.25, 0.3) is 0 Å². The molecule has 3 heterocycles. The zero-order valence-corrected chi connectivity index (χ0v) is 29.1. The Morgan fingerprint density at radius 1 is 1.00 bits per heavy atom. The molecule has 0 aliphatic heterocycles. The lowest BCUT2D eigenvalue weighted by molar-refractivity contribution is 0.216. The van der Waals surface area contributed by atoms with Crippen LogP contribution in [0, 0.1) is 31.1 Å². The lowest BCUT2D eigenvalue weighted by atomic mass is 10.0. The van der Waals surface area contributed by atoms with Crippen molar-refractivity contribution in [1.29, 1.82) is 0 Å². The largest absolute Gasteiger partial charge is 0.382 e. The molecule has 2 N–H and O–H groups in total. The Balaban J connectivity index is 0.000000214. The van der Waals surface area contributed by atoms with Crippen LogP contribution in [0.5, 0.6) is 0 Å². The van der Waals surface area contributed by atoms with Crippen molar-refractivity contribution in [2.45, 2.75) is 32.6 Å². The van der Waals surface area contributed by atoms with Crippen LogP contribution in [0.25, 0.3) is 33.0 Å². The van der Waals surface area contributed by atoms with E-state index in [-0.39, 0.29) is 11.6 Å². The van der Waals surface area contributed by atoms with Crippen molar-refractivity contribution in [3.05, 3.63) is 99.4 Å². The van der Waals surface area contributed by atoms with Crippen LogP contribution in [0.1, 0.15) is 42.9 Å². The van der Waals surface area contributed by atoms with E-state index in [1.807, 2.05) is 29.5 Å². The molecule has 2 atom stereocenters. The summed E-state index contributed by atoms with van der Waals surface area (Å²) in [6, 6.07) is 8.92. The first kappa shape index (κ1) is 35.4. The number of rotatable bonds is 7. The Bertz CT molecular complexity index is 1780. The standard InChI is InChI=1S/C14H12FIN4OS.C12H7FINOS.C2H5N3/c1-2-20-6-12(17-19-20)14(21)10-7-22-18-13(10)9-4-3-8(15)5-11(9)16;1-2-11(16)9-6-17-15-12(9)8-4-3-7(13)5-10(8)14;1-2-4-5-3/h3-7,14,21H,2H2,1H3;1,3-6,11,16H;2H2,1H3. The highest BCUT2D eigenvalue weighted by atomic mass is 127. The maximum Gasteiger partial charge on any atom is 0.142 e. The summed E-state index contributed by atoms with van der Waals surface area (Å²) in [4.78, 5) is 2.48. The van der Waals surface area contributed by atoms with Crippen molar-refractivity contribution in [3.8, 4) is 34.9 Å². The third-order valence-corrected chi connectivity index (χ3v) is 8.76. The topological polar surface area (TPSA) is 146 Å². The maximum absolute atomic E-state index is 13.3. The number of aromatic nitrogens is 5. The molecule has 0 aliphatic carbocycles. The molecule has 0 aliphatic rings. The Kier molecular flexibility index (Phi) is 14.0. The first-order valence-electron chi connectivity index (χ1n) is 12.7. The number of aliphatic hydroxyl groups excluding tert-OH is 2. The van der Waals surface area contributed by atoms with E-state index in [9.17, 15) is 19.0 Å². The van der Waals surface area contributed by atoms with Gasteiger partial charge in [-0.25, -0.2) is 8.78 Å². The van der Waals surface area contributed by atoms with E-state index in [4.69, 9.17) is 12.0 Å². The van der Waals surface area contributed by atoms with E-state index < -0.39 is 12.2 Å². The molecule has 0 fully saturated rings. The van der Waals surface area contributed by atoms with Gasteiger partial charge in [0.05, 0.1) is 17.6 Å². The third kappa shape index (κ3) is 9.23. The second-order valence-electron chi connectivity index (χ2n) is 8.50. The zero-order chi connectivity index (χ0) is 32.2. The predicted molar refractivity (Wildman–Crippen MR) is 184 cm³/mol. The smallest absolute Gasteiger partial charge is 0.142 e. The predicted octanol–water partition coefficient (Wildman–Crippen LogP) is 7.78. The van der Waals surface area contributed by atoms with Gasteiger partial charge in [-0.1, -0.05) is 23.2 Å². The number of aryl methyl sites for hydroxylation is 1. The fraction of sp³-hybridized carbons (Fsp3) is 0.214. The second-order valence-corrected chi connectivity index (χ2v) is 12.1. The number of terminal acetylenes is 1. The average molecular weight is 860 g/mol. The molecule has 2 aromatic carbocycles. The van der Waals surface area contributed by atoms with Gasteiger partial charge in [-0.05, 0) is 117 Å². The van der Waals surface area contributed by atoms with Gasteiger partial charge >= 0.3 is 0 Å². The summed E-state index contributed by atoms with van der Waals surface area (Å²) >= 11 is 6.56. The molecule has 228 valence electrons. The second kappa shape index (κ2) is 17.4. The van der Waals surface area contributed by atoms with Crippen LogP contribution >= 0.6 is 68.2 Å². The summed E-state index contributed by atoms with van der Waals surface area (Å²) in [6.07, 6.45) is 5.01. The summed E-state index contributed by atoms with van der Waals surface area (Å²) in [5, 5.41) is 34.8. The monoisotopic (exact) mass is 860 g/mol. The van der Waals surface area contributed by atoms with Gasteiger partial charge in [-0.3, -0.25) is 4.68 Å². The van der Waals surface area contributed by atoms with Gasteiger partial charge in [-0.15, -0.1) is 11.5 Å². The highest BCUT2D eigenvalue weighted by molar-refractivity contribution is 14.1. The van der Waals surface area contributed by atoms with E-state index >= 15 is 0 Å². The number of nitrogens with zero attached hydrogens (tertiary/aromatic N) is 8. The van der Waals surface area contributed by atoms with Crippen LogP contribution in [0.15, 0.2) is 58.5 Å². The third-order valence-electron chi connectivity index (χ3n) is 5.68. The minimum Gasteiger partial charge on any atom is -0.382 e. The van der Waals surface area contributed by atoms with Crippen molar-refractivity contribution in [2.24, 2.45) is 5.11 Å². The van der Waals surface area contributed by atoms with Crippen LogP contribution in [0.2, 0.25) is 0 Å². The average Bonchev–Trinajstić information content (AvgIpc) is 3.79. The summed E-state index contributed by atoms with van der Waals surface area (Å²) in [5.41, 5.74) is 12.1. The summed E-state index contributed by atoms with van der Waals surface area (Å²) in [6.45, 7) is 4.98. The van der Waals surface area contributed by atoms with Gasteiger partial charge < -0.3 is 10.2 Å². The number of benzene rings is 2. The van der Waals surface area contributed by atoms with Gasteiger partial charge in [0.1, 0.15) is 29.5 Å². The van der Waals surface area contributed by atoms with Crippen LogP contribution < -0.4 is 0 Å². The fourth-order valence-electron chi connectivity index (χ4n) is 3.55. The molecule has 0 radical (unpaired) electrons. The first-order chi connectivity index (χ1) is 21.1. The Labute approximate surface area is 287 Å². The molecule has 5 rings (SSSR count). The molecule has 0 amide bonds. The number of halogens is 4. The molecule has 5 aromatic rings. The maximum atomic E-state index is 13.3. The Morgan fingerprint density at radius 3 is 1.98 bits per heavy atom. The Morgan fingerprint density at radius 2 is 1.55 bits per heavy atom. The van der Waals surface area contributed by atoms with E-state index in [0.717, 1.165) is 18.3 Å². The molecule has 0 bridgehead atoms. The molecule has 10 nitrogen and oxygen atoms in total.